The fourth-order valence-electron chi connectivity index (χ4n) is 3.75. The number of anilines is 1. The molecule has 3 rings (SSSR count). The van der Waals surface area contributed by atoms with Crippen LogP contribution in [0.5, 0.6) is 0 Å². The molecule has 1 aliphatic rings. The number of benzene rings is 1. The van der Waals surface area contributed by atoms with Gasteiger partial charge in [0, 0.05) is 18.5 Å². The number of rotatable bonds is 8. The number of carbonyl (C=O) groups is 3. The highest BCUT2D eigenvalue weighted by Crippen LogP contribution is 2.27. The summed E-state index contributed by atoms with van der Waals surface area (Å²) >= 11 is 1.12. The molecule has 12 heteroatoms. The average Bonchev–Trinajstić information content (AvgIpc) is 3.23. The quantitative estimate of drug-likeness (QED) is 0.536. The minimum Gasteiger partial charge on any atom is -0.469 e. The van der Waals surface area contributed by atoms with Crippen molar-refractivity contribution in [2.75, 3.05) is 32.1 Å². The predicted molar refractivity (Wildman–Crippen MR) is 125 cm³/mol. The lowest BCUT2D eigenvalue weighted by molar-refractivity contribution is -0.139. The second-order valence-corrected chi connectivity index (χ2v) is 11.1. The van der Waals surface area contributed by atoms with Crippen LogP contribution in [0.25, 0.3) is 0 Å². The molecule has 0 unspecified atom stereocenters. The highest BCUT2D eigenvalue weighted by atomic mass is 32.2. The normalized spacial score (nSPS) is 18.8. The number of hydrogen-bond acceptors (Lipinski definition) is 9. The van der Waals surface area contributed by atoms with Gasteiger partial charge in [0.1, 0.15) is 0 Å². The van der Waals surface area contributed by atoms with E-state index in [1.807, 2.05) is 13.8 Å². The van der Waals surface area contributed by atoms with E-state index < -0.39 is 34.5 Å². The van der Waals surface area contributed by atoms with E-state index >= 15 is 0 Å². The molecule has 0 spiro atoms. The zero-order valence-corrected chi connectivity index (χ0v) is 20.8. The Morgan fingerprint density at radius 1 is 1.15 bits per heavy atom. The largest absolute Gasteiger partial charge is 0.469 e. The first-order valence-corrected chi connectivity index (χ1v) is 13.0. The molecule has 0 saturated carbocycles. The summed E-state index contributed by atoms with van der Waals surface area (Å²) in [6.07, 6.45) is 0.973. The molecule has 1 fully saturated rings. The SMILES string of the molecule is COC(=O)Cc1csc(NC(=O)COC(=O)c2ccc(S(=O)(=O)N3C[C@@H](C)C[C@H](C)C3)cc2)n1. The number of amides is 1. The van der Waals surface area contributed by atoms with E-state index in [0.717, 1.165) is 17.8 Å². The minimum atomic E-state index is -3.66. The Bertz CT molecular complexity index is 1140. The van der Waals surface area contributed by atoms with Crippen molar-refractivity contribution in [2.24, 2.45) is 11.8 Å². The molecule has 0 bridgehead atoms. The number of thiazole rings is 1. The topological polar surface area (TPSA) is 132 Å². The van der Waals surface area contributed by atoms with Gasteiger partial charge in [0.2, 0.25) is 10.0 Å². The van der Waals surface area contributed by atoms with Crippen molar-refractivity contribution in [3.05, 3.63) is 40.9 Å². The lowest BCUT2D eigenvalue weighted by Gasteiger charge is -2.34. The molecule has 2 atom stereocenters. The van der Waals surface area contributed by atoms with Crippen LogP contribution in [0.15, 0.2) is 34.5 Å². The third-order valence-corrected chi connectivity index (χ3v) is 7.90. The summed E-state index contributed by atoms with van der Waals surface area (Å²) < 4.78 is 37.0. The highest BCUT2D eigenvalue weighted by Gasteiger charge is 2.31. The predicted octanol–water partition coefficient (Wildman–Crippen LogP) is 2.32. The Hall–Kier alpha value is -2.83. The summed E-state index contributed by atoms with van der Waals surface area (Å²) in [7, 11) is -2.38. The fraction of sp³-hybridized carbons (Fsp3) is 0.455. The molecule has 1 aromatic heterocycles. The third-order valence-electron chi connectivity index (χ3n) is 5.25. The van der Waals surface area contributed by atoms with E-state index in [-0.39, 0.29) is 33.8 Å². The summed E-state index contributed by atoms with van der Waals surface area (Å²) in [4.78, 5) is 39.8. The van der Waals surface area contributed by atoms with Gasteiger partial charge in [0.15, 0.2) is 11.7 Å². The van der Waals surface area contributed by atoms with E-state index in [9.17, 15) is 22.8 Å². The van der Waals surface area contributed by atoms with Gasteiger partial charge in [0.05, 0.1) is 29.7 Å². The van der Waals surface area contributed by atoms with Gasteiger partial charge in [-0.25, -0.2) is 18.2 Å². The van der Waals surface area contributed by atoms with Crippen LogP contribution in [-0.2, 0) is 35.5 Å². The second kappa shape index (κ2) is 11.1. The first-order chi connectivity index (χ1) is 16.1. The van der Waals surface area contributed by atoms with Crippen molar-refractivity contribution in [3.63, 3.8) is 0 Å². The zero-order chi connectivity index (χ0) is 24.9. The van der Waals surface area contributed by atoms with E-state index in [2.05, 4.69) is 15.0 Å². The molecule has 184 valence electrons. The first-order valence-electron chi connectivity index (χ1n) is 10.7. The van der Waals surface area contributed by atoms with E-state index in [1.165, 1.54) is 35.7 Å². The van der Waals surface area contributed by atoms with Crippen molar-refractivity contribution in [3.8, 4) is 0 Å². The second-order valence-electron chi connectivity index (χ2n) is 8.31. The van der Waals surface area contributed by atoms with Crippen molar-refractivity contribution in [2.45, 2.75) is 31.6 Å². The van der Waals surface area contributed by atoms with Gasteiger partial charge in [-0.15, -0.1) is 11.3 Å². The lowest BCUT2D eigenvalue weighted by Crippen LogP contribution is -2.42. The number of methoxy groups -OCH3 is 1. The summed E-state index contributed by atoms with van der Waals surface area (Å²) in [5.41, 5.74) is 0.578. The van der Waals surface area contributed by atoms with Crippen LogP contribution in [-0.4, -0.2) is 62.4 Å². The van der Waals surface area contributed by atoms with Crippen LogP contribution in [0.2, 0.25) is 0 Å². The maximum atomic E-state index is 13.0. The molecule has 2 aromatic rings. The van der Waals surface area contributed by atoms with Gasteiger partial charge in [-0.1, -0.05) is 13.8 Å². The van der Waals surface area contributed by atoms with Crippen LogP contribution in [0.1, 0.15) is 36.3 Å². The van der Waals surface area contributed by atoms with E-state index in [1.54, 1.807) is 5.38 Å². The van der Waals surface area contributed by atoms with Crippen molar-refractivity contribution in [1.29, 1.82) is 0 Å². The average molecular weight is 510 g/mol. The van der Waals surface area contributed by atoms with Crippen LogP contribution >= 0.6 is 11.3 Å². The molecule has 1 aromatic carbocycles. The van der Waals surface area contributed by atoms with Crippen LogP contribution < -0.4 is 5.32 Å². The van der Waals surface area contributed by atoms with Crippen molar-refractivity contribution in [1.82, 2.24) is 9.29 Å². The number of piperidine rings is 1. The Morgan fingerprint density at radius 2 is 1.79 bits per heavy atom. The maximum Gasteiger partial charge on any atom is 0.338 e. The number of sulfonamides is 1. The minimum absolute atomic E-state index is 0.0145. The lowest BCUT2D eigenvalue weighted by atomic mass is 9.94. The fourth-order valence-corrected chi connectivity index (χ4v) is 6.16. The number of ether oxygens (including phenoxy) is 2. The maximum absolute atomic E-state index is 13.0. The van der Waals surface area contributed by atoms with Gasteiger partial charge in [0.25, 0.3) is 5.91 Å². The van der Waals surface area contributed by atoms with Gasteiger partial charge >= 0.3 is 11.9 Å². The Kier molecular flexibility index (Phi) is 8.39. The smallest absolute Gasteiger partial charge is 0.338 e. The van der Waals surface area contributed by atoms with Crippen LogP contribution in [0, 0.1) is 11.8 Å². The number of aromatic nitrogens is 1. The van der Waals surface area contributed by atoms with Crippen LogP contribution in [0.4, 0.5) is 5.13 Å². The molecule has 2 heterocycles. The molecule has 1 N–H and O–H groups in total. The highest BCUT2D eigenvalue weighted by molar-refractivity contribution is 7.89. The number of nitrogens with one attached hydrogen (secondary N) is 1. The zero-order valence-electron chi connectivity index (χ0n) is 19.1. The van der Waals surface area contributed by atoms with Crippen molar-refractivity contribution >= 4 is 44.3 Å². The molecule has 1 aliphatic heterocycles. The molecular weight excluding hydrogens is 482 g/mol. The summed E-state index contributed by atoms with van der Waals surface area (Å²) in [5, 5.41) is 4.36. The molecule has 34 heavy (non-hydrogen) atoms. The van der Waals surface area contributed by atoms with Gasteiger partial charge in [-0.05, 0) is 42.5 Å². The monoisotopic (exact) mass is 509 g/mol. The number of carbonyl (C=O) groups excluding carboxylic acids is 3. The summed E-state index contributed by atoms with van der Waals surface area (Å²) in [6.45, 7) is 4.45. The number of hydrogen-bond donors (Lipinski definition) is 1. The van der Waals surface area contributed by atoms with E-state index in [4.69, 9.17) is 4.74 Å². The molecule has 1 saturated heterocycles. The van der Waals surface area contributed by atoms with Gasteiger partial charge < -0.3 is 9.47 Å². The summed E-state index contributed by atoms with van der Waals surface area (Å²) in [6, 6.07) is 5.47. The Balaban J connectivity index is 1.53. The molecule has 0 aliphatic carbocycles. The molecule has 1 amide bonds. The van der Waals surface area contributed by atoms with Gasteiger partial charge in [-0.3, -0.25) is 14.9 Å². The first kappa shape index (κ1) is 25.8. The number of esters is 2. The Labute approximate surface area is 202 Å². The Morgan fingerprint density at radius 3 is 2.41 bits per heavy atom. The number of nitrogens with zero attached hydrogens (tertiary/aromatic N) is 2. The van der Waals surface area contributed by atoms with E-state index in [0.29, 0.717) is 18.8 Å². The van der Waals surface area contributed by atoms with Crippen LogP contribution in [0.3, 0.4) is 0 Å². The van der Waals surface area contributed by atoms with Gasteiger partial charge in [-0.2, -0.15) is 4.31 Å². The third kappa shape index (κ3) is 6.61. The van der Waals surface area contributed by atoms with Crippen molar-refractivity contribution < 1.29 is 32.3 Å². The standard InChI is InChI=1S/C22H27N3O7S2/c1-14-8-15(2)11-25(10-14)34(29,30)18-6-4-16(5-7-18)21(28)32-12-19(26)24-22-23-17(13-33-22)9-20(27)31-3/h4-7,13-15H,8-12H2,1-3H3,(H,23,24,26)/t14-,15-/m0/s1. The molecule has 10 nitrogen and oxygen atoms in total. The summed E-state index contributed by atoms with van der Waals surface area (Å²) in [5.74, 6) is -1.24. The molecular formula is C22H27N3O7S2. The molecule has 0 radical (unpaired) electrons.